The van der Waals surface area contributed by atoms with Gasteiger partial charge in [-0.25, -0.2) is 0 Å². The lowest BCUT2D eigenvalue weighted by Crippen LogP contribution is -2.44. The van der Waals surface area contributed by atoms with E-state index >= 15 is 0 Å². The van der Waals surface area contributed by atoms with Crippen molar-refractivity contribution in [2.24, 2.45) is 0 Å². The second-order valence-electron chi connectivity index (χ2n) is 6.76. The summed E-state index contributed by atoms with van der Waals surface area (Å²) < 4.78 is 0. The second kappa shape index (κ2) is 6.55. The SMILES string of the molecule is CCNC1CCCC(N2CCC(N3CCCC3)C2)C1. The van der Waals surface area contributed by atoms with Crippen molar-refractivity contribution in [2.75, 3.05) is 32.7 Å². The van der Waals surface area contributed by atoms with Crippen LogP contribution in [0.15, 0.2) is 0 Å². The van der Waals surface area contributed by atoms with Crippen LogP contribution in [-0.4, -0.2) is 60.6 Å². The molecule has 3 unspecified atom stereocenters. The maximum absolute atomic E-state index is 3.67. The van der Waals surface area contributed by atoms with Crippen LogP contribution in [-0.2, 0) is 0 Å². The van der Waals surface area contributed by atoms with Crippen LogP contribution >= 0.6 is 0 Å². The molecule has 2 aliphatic heterocycles. The van der Waals surface area contributed by atoms with Crippen LogP contribution < -0.4 is 5.32 Å². The zero-order valence-electron chi connectivity index (χ0n) is 12.6. The minimum atomic E-state index is 0.787. The van der Waals surface area contributed by atoms with Gasteiger partial charge in [-0.1, -0.05) is 13.3 Å². The highest BCUT2D eigenvalue weighted by atomic mass is 15.3. The van der Waals surface area contributed by atoms with Crippen molar-refractivity contribution in [1.29, 1.82) is 0 Å². The van der Waals surface area contributed by atoms with E-state index < -0.39 is 0 Å². The predicted molar refractivity (Wildman–Crippen MR) is 80.5 cm³/mol. The van der Waals surface area contributed by atoms with E-state index in [9.17, 15) is 0 Å². The molecule has 0 aromatic rings. The minimum absolute atomic E-state index is 0.787. The number of hydrogen-bond acceptors (Lipinski definition) is 3. The first kappa shape index (κ1) is 13.8. The van der Waals surface area contributed by atoms with E-state index in [4.69, 9.17) is 0 Å². The number of rotatable bonds is 4. The van der Waals surface area contributed by atoms with Gasteiger partial charge in [0.15, 0.2) is 0 Å². The summed E-state index contributed by atoms with van der Waals surface area (Å²) in [5, 5.41) is 3.67. The Bertz CT molecular complexity index is 273. The maximum Gasteiger partial charge on any atom is 0.0235 e. The molecule has 3 atom stereocenters. The molecule has 110 valence electrons. The van der Waals surface area contributed by atoms with Gasteiger partial charge < -0.3 is 5.32 Å². The van der Waals surface area contributed by atoms with Crippen LogP contribution in [0.5, 0.6) is 0 Å². The van der Waals surface area contributed by atoms with Gasteiger partial charge in [0.2, 0.25) is 0 Å². The van der Waals surface area contributed by atoms with Crippen molar-refractivity contribution in [1.82, 2.24) is 15.1 Å². The Kier molecular flexibility index (Phi) is 4.78. The molecule has 1 aliphatic carbocycles. The predicted octanol–water partition coefficient (Wildman–Crippen LogP) is 2.08. The van der Waals surface area contributed by atoms with E-state index in [2.05, 4.69) is 22.0 Å². The van der Waals surface area contributed by atoms with Crippen LogP contribution in [0, 0.1) is 0 Å². The van der Waals surface area contributed by atoms with Crippen LogP contribution in [0.25, 0.3) is 0 Å². The van der Waals surface area contributed by atoms with E-state index in [0.29, 0.717) is 0 Å². The molecular formula is C16H31N3. The smallest absolute Gasteiger partial charge is 0.0235 e. The molecule has 0 aromatic heterocycles. The van der Waals surface area contributed by atoms with Crippen molar-refractivity contribution in [3.8, 4) is 0 Å². The molecule has 0 radical (unpaired) electrons. The molecule has 0 spiro atoms. The molecule has 19 heavy (non-hydrogen) atoms. The molecule has 0 amide bonds. The molecule has 3 nitrogen and oxygen atoms in total. The third-order valence-corrected chi connectivity index (χ3v) is 5.51. The highest BCUT2D eigenvalue weighted by molar-refractivity contribution is 4.91. The molecular weight excluding hydrogens is 234 g/mol. The third kappa shape index (κ3) is 3.32. The summed E-state index contributed by atoms with van der Waals surface area (Å²) in [5.41, 5.74) is 0. The lowest BCUT2D eigenvalue weighted by Gasteiger charge is -2.36. The Morgan fingerprint density at radius 2 is 1.74 bits per heavy atom. The zero-order valence-corrected chi connectivity index (χ0v) is 12.6. The fraction of sp³-hybridized carbons (Fsp3) is 1.00. The van der Waals surface area contributed by atoms with Gasteiger partial charge in [-0.15, -0.1) is 0 Å². The Morgan fingerprint density at radius 3 is 2.53 bits per heavy atom. The number of nitrogens with one attached hydrogen (secondary N) is 1. The number of nitrogens with zero attached hydrogens (tertiary/aromatic N) is 2. The van der Waals surface area contributed by atoms with E-state index in [1.54, 1.807) is 0 Å². The molecule has 2 saturated heterocycles. The highest BCUT2D eigenvalue weighted by Crippen LogP contribution is 2.28. The van der Waals surface area contributed by atoms with Gasteiger partial charge >= 0.3 is 0 Å². The molecule has 0 bridgehead atoms. The summed E-state index contributed by atoms with van der Waals surface area (Å²) in [7, 11) is 0. The average Bonchev–Trinajstić information content (AvgIpc) is 3.11. The van der Waals surface area contributed by atoms with Crippen molar-refractivity contribution < 1.29 is 0 Å². The maximum atomic E-state index is 3.67. The van der Waals surface area contributed by atoms with Crippen LogP contribution in [0.1, 0.15) is 51.9 Å². The van der Waals surface area contributed by atoms with Gasteiger partial charge in [0.25, 0.3) is 0 Å². The molecule has 3 heteroatoms. The van der Waals surface area contributed by atoms with Crippen LogP contribution in [0.3, 0.4) is 0 Å². The fourth-order valence-electron chi connectivity index (χ4n) is 4.47. The first-order valence-corrected chi connectivity index (χ1v) is 8.58. The lowest BCUT2D eigenvalue weighted by molar-refractivity contribution is 0.152. The fourth-order valence-corrected chi connectivity index (χ4v) is 4.47. The zero-order chi connectivity index (χ0) is 13.1. The second-order valence-corrected chi connectivity index (χ2v) is 6.76. The largest absolute Gasteiger partial charge is 0.314 e. The first-order chi connectivity index (χ1) is 9.36. The molecule has 2 heterocycles. The van der Waals surface area contributed by atoms with Gasteiger partial charge in [0.1, 0.15) is 0 Å². The lowest BCUT2D eigenvalue weighted by atomic mass is 9.90. The molecule has 3 aliphatic rings. The van der Waals surface area contributed by atoms with Gasteiger partial charge in [0.05, 0.1) is 0 Å². The average molecular weight is 265 g/mol. The Hall–Kier alpha value is -0.120. The normalized spacial score (nSPS) is 38.1. The molecule has 3 fully saturated rings. The standard InChI is InChI=1S/C16H31N3/c1-2-17-14-6-5-7-15(12-14)19-11-8-16(13-19)18-9-3-4-10-18/h14-17H,2-13H2,1H3. The van der Waals surface area contributed by atoms with E-state index in [0.717, 1.165) is 24.7 Å². The summed E-state index contributed by atoms with van der Waals surface area (Å²) in [6.07, 6.45) is 9.93. The Morgan fingerprint density at radius 1 is 0.895 bits per heavy atom. The van der Waals surface area contributed by atoms with Crippen molar-refractivity contribution in [3.63, 3.8) is 0 Å². The van der Waals surface area contributed by atoms with Gasteiger partial charge in [-0.2, -0.15) is 0 Å². The van der Waals surface area contributed by atoms with Crippen LogP contribution in [0.2, 0.25) is 0 Å². The van der Waals surface area contributed by atoms with Gasteiger partial charge in [0, 0.05) is 31.2 Å². The Labute approximate surface area is 118 Å². The third-order valence-electron chi connectivity index (χ3n) is 5.51. The Balaban J connectivity index is 1.49. The summed E-state index contributed by atoms with van der Waals surface area (Å²) in [6.45, 7) is 8.80. The molecule has 1 N–H and O–H groups in total. The van der Waals surface area contributed by atoms with E-state index in [1.807, 2.05) is 0 Å². The van der Waals surface area contributed by atoms with Gasteiger partial charge in [-0.3, -0.25) is 9.80 Å². The summed E-state index contributed by atoms with van der Waals surface area (Å²) in [4.78, 5) is 5.57. The quantitative estimate of drug-likeness (QED) is 0.839. The first-order valence-electron chi connectivity index (χ1n) is 8.58. The number of likely N-dealkylation sites (tertiary alicyclic amines) is 2. The highest BCUT2D eigenvalue weighted by Gasteiger charge is 2.34. The molecule has 3 rings (SSSR count). The molecule has 1 saturated carbocycles. The summed E-state index contributed by atoms with van der Waals surface area (Å²) in [5.74, 6) is 0. The van der Waals surface area contributed by atoms with Gasteiger partial charge in [-0.05, 0) is 58.2 Å². The van der Waals surface area contributed by atoms with Crippen LogP contribution in [0.4, 0.5) is 0 Å². The monoisotopic (exact) mass is 265 g/mol. The minimum Gasteiger partial charge on any atom is -0.314 e. The summed E-state index contributed by atoms with van der Waals surface area (Å²) >= 11 is 0. The summed E-state index contributed by atoms with van der Waals surface area (Å²) in [6, 6.07) is 2.53. The van der Waals surface area contributed by atoms with Crippen molar-refractivity contribution in [2.45, 2.75) is 70.0 Å². The van der Waals surface area contributed by atoms with Crippen molar-refractivity contribution >= 4 is 0 Å². The molecule has 0 aromatic carbocycles. The van der Waals surface area contributed by atoms with E-state index in [1.165, 1.54) is 71.1 Å². The topological polar surface area (TPSA) is 18.5 Å². The number of hydrogen-bond donors (Lipinski definition) is 1. The van der Waals surface area contributed by atoms with E-state index in [-0.39, 0.29) is 0 Å². The van der Waals surface area contributed by atoms with Crippen molar-refractivity contribution in [3.05, 3.63) is 0 Å².